The number of halogens is 1. The summed E-state index contributed by atoms with van der Waals surface area (Å²) in [5.74, 6) is 0.479. The minimum Gasteiger partial charge on any atom is -0.383 e. The van der Waals surface area contributed by atoms with Crippen LogP contribution in [0.3, 0.4) is 0 Å². The van der Waals surface area contributed by atoms with Gasteiger partial charge in [0, 0.05) is 18.9 Å². The summed E-state index contributed by atoms with van der Waals surface area (Å²) in [6, 6.07) is 0.122. The fraction of sp³-hybridized carbons (Fsp3) is 0.889. The molecule has 13 heavy (non-hydrogen) atoms. The molecule has 0 fully saturated rings. The zero-order chi connectivity index (χ0) is 10.3. The molecule has 1 amide bonds. The van der Waals surface area contributed by atoms with Gasteiger partial charge in [0.1, 0.15) is 0 Å². The molecule has 0 saturated carbocycles. The number of carbonyl (C=O) groups excluding carboxylic acids is 1. The second-order valence-corrected chi connectivity index (χ2v) is 4.11. The maximum absolute atomic E-state index is 11.2. The van der Waals surface area contributed by atoms with Crippen LogP contribution in [-0.2, 0) is 9.53 Å². The third-order valence-electron chi connectivity index (χ3n) is 1.82. The van der Waals surface area contributed by atoms with Crippen LogP contribution in [0.5, 0.6) is 0 Å². The van der Waals surface area contributed by atoms with Crippen LogP contribution in [0.2, 0.25) is 0 Å². The molecular formula is C9H18BrNO2. The molecule has 0 aromatic heterocycles. The zero-order valence-electron chi connectivity index (χ0n) is 8.47. The molecule has 3 nitrogen and oxygen atoms in total. The van der Waals surface area contributed by atoms with Gasteiger partial charge in [-0.3, -0.25) is 4.79 Å². The molecule has 0 bridgehead atoms. The maximum Gasteiger partial charge on any atom is 0.221 e. The van der Waals surface area contributed by atoms with Gasteiger partial charge in [-0.2, -0.15) is 0 Å². The minimum atomic E-state index is 0.0765. The van der Waals surface area contributed by atoms with Crippen molar-refractivity contribution in [1.29, 1.82) is 0 Å². The van der Waals surface area contributed by atoms with Gasteiger partial charge >= 0.3 is 0 Å². The predicted octanol–water partition coefficient (Wildman–Crippen LogP) is 1.56. The summed E-state index contributed by atoms with van der Waals surface area (Å²) < 4.78 is 5.02. The van der Waals surface area contributed by atoms with E-state index >= 15 is 0 Å². The molecule has 0 spiro atoms. The first-order valence-corrected chi connectivity index (χ1v) is 5.58. The molecule has 1 N–H and O–H groups in total. The first-order chi connectivity index (χ1) is 6.11. The Kier molecular flexibility index (Phi) is 7.28. The van der Waals surface area contributed by atoms with Gasteiger partial charge in [0.25, 0.3) is 0 Å². The highest BCUT2D eigenvalue weighted by Gasteiger charge is 2.14. The number of alkyl halides is 1. The van der Waals surface area contributed by atoms with Crippen LogP contribution in [0.25, 0.3) is 0 Å². The summed E-state index contributed by atoms with van der Waals surface area (Å²) in [7, 11) is 1.64. The molecule has 0 aromatic carbocycles. The molecule has 0 radical (unpaired) electrons. The van der Waals surface area contributed by atoms with Crippen molar-refractivity contribution < 1.29 is 9.53 Å². The first-order valence-electron chi connectivity index (χ1n) is 4.46. The number of amides is 1. The molecular weight excluding hydrogens is 234 g/mol. The summed E-state index contributed by atoms with van der Waals surface area (Å²) in [6.07, 6.45) is 0.521. The Labute approximate surface area is 88.4 Å². The van der Waals surface area contributed by atoms with Gasteiger partial charge < -0.3 is 10.1 Å². The molecule has 0 aliphatic carbocycles. The molecule has 0 rings (SSSR count). The van der Waals surface area contributed by atoms with E-state index in [1.165, 1.54) is 0 Å². The summed E-state index contributed by atoms with van der Waals surface area (Å²) in [5.41, 5.74) is 0. The van der Waals surface area contributed by atoms with Crippen LogP contribution in [0.1, 0.15) is 20.3 Å². The summed E-state index contributed by atoms with van der Waals surface area (Å²) in [6.45, 7) is 4.71. The number of hydrogen-bond acceptors (Lipinski definition) is 2. The Hall–Kier alpha value is -0.0900. The molecule has 0 aliphatic heterocycles. The largest absolute Gasteiger partial charge is 0.383 e. The lowest BCUT2D eigenvalue weighted by molar-refractivity contribution is -0.122. The Morgan fingerprint density at radius 3 is 2.54 bits per heavy atom. The van der Waals surface area contributed by atoms with E-state index in [2.05, 4.69) is 35.1 Å². The molecule has 0 aromatic rings. The first kappa shape index (κ1) is 12.9. The third kappa shape index (κ3) is 6.05. The minimum absolute atomic E-state index is 0.0765. The lowest BCUT2D eigenvalue weighted by Crippen LogP contribution is -2.41. The van der Waals surface area contributed by atoms with Crippen molar-refractivity contribution in [2.75, 3.05) is 19.0 Å². The standard InChI is InChI=1S/C9H18BrNO2/c1-7(2)8(6-13-3)11-9(12)4-5-10/h7-8H,4-6H2,1-3H3,(H,11,12). The molecule has 1 atom stereocenters. The number of rotatable bonds is 6. The van der Waals surface area contributed by atoms with Crippen LogP contribution >= 0.6 is 15.9 Å². The van der Waals surface area contributed by atoms with E-state index in [0.29, 0.717) is 24.3 Å². The molecule has 4 heteroatoms. The smallest absolute Gasteiger partial charge is 0.221 e. The lowest BCUT2D eigenvalue weighted by Gasteiger charge is -2.21. The third-order valence-corrected chi connectivity index (χ3v) is 2.22. The second kappa shape index (κ2) is 7.33. The fourth-order valence-corrected chi connectivity index (χ4v) is 1.31. The average Bonchev–Trinajstić information content (AvgIpc) is 2.04. The van der Waals surface area contributed by atoms with E-state index < -0.39 is 0 Å². The number of hydrogen-bond donors (Lipinski definition) is 1. The Morgan fingerprint density at radius 2 is 2.15 bits per heavy atom. The highest BCUT2D eigenvalue weighted by atomic mass is 79.9. The van der Waals surface area contributed by atoms with E-state index in [4.69, 9.17) is 4.74 Å². The molecule has 0 saturated heterocycles. The number of methoxy groups -OCH3 is 1. The monoisotopic (exact) mass is 251 g/mol. The predicted molar refractivity (Wildman–Crippen MR) is 57.1 cm³/mol. The summed E-state index contributed by atoms with van der Waals surface area (Å²) in [5, 5.41) is 3.63. The van der Waals surface area contributed by atoms with Crippen molar-refractivity contribution >= 4 is 21.8 Å². The van der Waals surface area contributed by atoms with Crippen molar-refractivity contribution in [3.63, 3.8) is 0 Å². The highest BCUT2D eigenvalue weighted by Crippen LogP contribution is 2.02. The van der Waals surface area contributed by atoms with Gasteiger partial charge in [-0.25, -0.2) is 0 Å². The van der Waals surface area contributed by atoms with Crippen LogP contribution in [0.4, 0.5) is 0 Å². The molecule has 0 heterocycles. The van der Waals surface area contributed by atoms with E-state index in [9.17, 15) is 4.79 Å². The Balaban J connectivity index is 3.86. The molecule has 0 aliphatic rings. The molecule has 78 valence electrons. The number of carbonyl (C=O) groups is 1. The van der Waals surface area contributed by atoms with Gasteiger partial charge in [-0.1, -0.05) is 29.8 Å². The zero-order valence-corrected chi connectivity index (χ0v) is 10.1. The van der Waals surface area contributed by atoms with Crippen molar-refractivity contribution in [2.24, 2.45) is 5.92 Å². The Morgan fingerprint density at radius 1 is 1.54 bits per heavy atom. The SMILES string of the molecule is COCC(NC(=O)CCBr)C(C)C. The Bertz CT molecular complexity index is 151. The van der Waals surface area contributed by atoms with Crippen LogP contribution in [0, 0.1) is 5.92 Å². The van der Waals surface area contributed by atoms with Gasteiger partial charge in [0.05, 0.1) is 12.6 Å². The maximum atomic E-state index is 11.2. The van der Waals surface area contributed by atoms with Gasteiger partial charge in [0.2, 0.25) is 5.91 Å². The van der Waals surface area contributed by atoms with Crippen molar-refractivity contribution in [3.05, 3.63) is 0 Å². The normalized spacial score (nSPS) is 13.0. The van der Waals surface area contributed by atoms with Crippen molar-refractivity contribution in [1.82, 2.24) is 5.32 Å². The van der Waals surface area contributed by atoms with Gasteiger partial charge in [-0.15, -0.1) is 0 Å². The highest BCUT2D eigenvalue weighted by molar-refractivity contribution is 9.09. The van der Waals surface area contributed by atoms with Crippen LogP contribution in [-0.4, -0.2) is 31.0 Å². The topological polar surface area (TPSA) is 38.3 Å². The van der Waals surface area contributed by atoms with Crippen LogP contribution < -0.4 is 5.32 Å². The number of ether oxygens (including phenoxy) is 1. The van der Waals surface area contributed by atoms with E-state index in [-0.39, 0.29) is 11.9 Å². The van der Waals surface area contributed by atoms with Crippen molar-refractivity contribution in [2.45, 2.75) is 26.3 Å². The number of nitrogens with one attached hydrogen (secondary N) is 1. The molecule has 1 unspecified atom stereocenters. The van der Waals surface area contributed by atoms with Crippen molar-refractivity contribution in [3.8, 4) is 0 Å². The van der Waals surface area contributed by atoms with Gasteiger partial charge in [0.15, 0.2) is 0 Å². The average molecular weight is 252 g/mol. The second-order valence-electron chi connectivity index (χ2n) is 3.31. The quantitative estimate of drug-likeness (QED) is 0.728. The fourth-order valence-electron chi connectivity index (χ4n) is 0.945. The van der Waals surface area contributed by atoms with E-state index in [0.717, 1.165) is 0 Å². The summed E-state index contributed by atoms with van der Waals surface area (Å²) >= 11 is 3.22. The lowest BCUT2D eigenvalue weighted by atomic mass is 10.1. The van der Waals surface area contributed by atoms with Crippen LogP contribution in [0.15, 0.2) is 0 Å². The van der Waals surface area contributed by atoms with Gasteiger partial charge in [-0.05, 0) is 5.92 Å². The van der Waals surface area contributed by atoms with E-state index in [1.54, 1.807) is 7.11 Å². The summed E-state index contributed by atoms with van der Waals surface area (Å²) in [4.78, 5) is 11.2. The van der Waals surface area contributed by atoms with E-state index in [1.807, 2.05) is 0 Å².